The molecule has 0 bridgehead atoms. The van der Waals surface area contributed by atoms with Crippen LogP contribution in [0.5, 0.6) is 0 Å². The maximum Gasteiger partial charge on any atom is 0.341 e. The van der Waals surface area contributed by atoms with Crippen molar-refractivity contribution in [2.45, 2.75) is 4.90 Å². The number of ether oxygens (including phenoxy) is 1. The summed E-state index contributed by atoms with van der Waals surface area (Å²) in [5.74, 6) is -2.21. The Hall–Kier alpha value is -2.05. The average molecular weight is 354 g/mol. The number of esters is 1. The molecule has 0 aliphatic carbocycles. The molecule has 0 fully saturated rings. The van der Waals surface area contributed by atoms with Gasteiger partial charge in [-0.05, 0) is 36.6 Å². The van der Waals surface area contributed by atoms with Gasteiger partial charge in [-0.1, -0.05) is 23.7 Å². The predicted octanol–water partition coefficient (Wildman–Crippen LogP) is 4.00. The van der Waals surface area contributed by atoms with E-state index in [9.17, 15) is 14.0 Å². The molecule has 0 spiro atoms. The van der Waals surface area contributed by atoms with E-state index in [0.717, 1.165) is 17.0 Å². The summed E-state index contributed by atoms with van der Waals surface area (Å²) in [6, 6.07) is 10.8. The van der Waals surface area contributed by atoms with Gasteiger partial charge in [-0.25, -0.2) is 9.18 Å². The molecule has 0 aliphatic rings. The summed E-state index contributed by atoms with van der Waals surface area (Å²) in [5, 5.41) is 2.84. The molecule has 0 unspecified atom stereocenters. The van der Waals surface area contributed by atoms with Gasteiger partial charge in [-0.15, -0.1) is 11.8 Å². The Labute approximate surface area is 142 Å². The molecule has 0 saturated heterocycles. The van der Waals surface area contributed by atoms with Gasteiger partial charge in [-0.3, -0.25) is 4.79 Å². The molecular weight excluding hydrogens is 341 g/mol. The molecule has 2 aromatic carbocycles. The zero-order valence-corrected chi connectivity index (χ0v) is 13.7. The Morgan fingerprint density at radius 3 is 2.74 bits per heavy atom. The van der Waals surface area contributed by atoms with E-state index >= 15 is 0 Å². The Bertz CT molecular complexity index is 739. The first kappa shape index (κ1) is 17.3. The van der Waals surface area contributed by atoms with Crippen LogP contribution in [0.3, 0.4) is 0 Å². The van der Waals surface area contributed by atoms with Gasteiger partial charge >= 0.3 is 5.97 Å². The highest BCUT2D eigenvalue weighted by Gasteiger charge is 2.16. The summed E-state index contributed by atoms with van der Waals surface area (Å²) in [7, 11) is 0. The highest BCUT2D eigenvalue weighted by atomic mass is 35.5. The molecule has 120 valence electrons. The van der Waals surface area contributed by atoms with Crippen molar-refractivity contribution in [2.75, 3.05) is 18.2 Å². The second-order valence-corrected chi connectivity index (χ2v) is 5.73. The van der Waals surface area contributed by atoms with Crippen molar-refractivity contribution in [1.29, 1.82) is 0 Å². The molecule has 7 heteroatoms. The number of hydrogen-bond donors (Lipinski definition) is 1. The molecule has 4 nitrogen and oxygen atoms in total. The molecule has 23 heavy (non-hydrogen) atoms. The number of hydrogen-bond acceptors (Lipinski definition) is 4. The van der Waals surface area contributed by atoms with Crippen molar-refractivity contribution in [1.82, 2.24) is 0 Å². The zero-order valence-electron chi connectivity index (χ0n) is 12.1. The van der Waals surface area contributed by atoms with Crippen LogP contribution in [0.1, 0.15) is 10.4 Å². The minimum atomic E-state index is -0.946. The first-order valence-electron chi connectivity index (χ1n) is 6.56. The standard InChI is InChI=1S/C16H13ClFNO3S/c1-23-14-5-3-2-4-13(14)19-15(20)9-22-16(21)11-8-10(17)6-7-12(11)18/h2-8H,9H2,1H3,(H,19,20). The molecular formula is C16H13ClFNO3S. The van der Waals surface area contributed by atoms with Crippen LogP contribution in [-0.2, 0) is 9.53 Å². The minimum absolute atomic E-state index is 0.205. The van der Waals surface area contributed by atoms with Crippen LogP contribution in [0.4, 0.5) is 10.1 Å². The van der Waals surface area contributed by atoms with Crippen LogP contribution in [0, 0.1) is 5.82 Å². The van der Waals surface area contributed by atoms with Crippen molar-refractivity contribution in [2.24, 2.45) is 0 Å². The fourth-order valence-electron chi connectivity index (χ4n) is 1.80. The molecule has 0 saturated carbocycles. The van der Waals surface area contributed by atoms with Crippen LogP contribution in [0.25, 0.3) is 0 Å². The fourth-order valence-corrected chi connectivity index (χ4v) is 2.52. The van der Waals surface area contributed by atoms with Crippen molar-refractivity contribution in [3.8, 4) is 0 Å². The Balaban J connectivity index is 1.96. The number of benzene rings is 2. The lowest BCUT2D eigenvalue weighted by atomic mass is 10.2. The predicted molar refractivity (Wildman–Crippen MR) is 88.5 cm³/mol. The summed E-state index contributed by atoms with van der Waals surface area (Å²) in [6.07, 6.45) is 1.88. The highest BCUT2D eigenvalue weighted by Crippen LogP contribution is 2.24. The number of rotatable bonds is 5. The quantitative estimate of drug-likeness (QED) is 0.652. The van der Waals surface area contributed by atoms with Crippen molar-refractivity contribution in [3.05, 3.63) is 58.9 Å². The number of thioether (sulfide) groups is 1. The zero-order chi connectivity index (χ0) is 16.8. The van der Waals surface area contributed by atoms with E-state index in [-0.39, 0.29) is 10.6 Å². The van der Waals surface area contributed by atoms with Crippen LogP contribution in [0.15, 0.2) is 47.4 Å². The Morgan fingerprint density at radius 2 is 2.00 bits per heavy atom. The van der Waals surface area contributed by atoms with E-state index in [0.29, 0.717) is 5.69 Å². The molecule has 0 atom stereocenters. The number of carbonyl (C=O) groups is 2. The summed E-state index contributed by atoms with van der Waals surface area (Å²) in [5.41, 5.74) is 0.310. The molecule has 0 heterocycles. The molecule has 2 aromatic rings. The third-order valence-corrected chi connectivity index (χ3v) is 3.89. The largest absolute Gasteiger partial charge is 0.452 e. The molecule has 1 amide bonds. The van der Waals surface area contributed by atoms with Crippen LogP contribution >= 0.6 is 23.4 Å². The first-order chi connectivity index (χ1) is 11.0. The monoisotopic (exact) mass is 353 g/mol. The molecule has 0 aliphatic heterocycles. The Kier molecular flexibility index (Phi) is 6.01. The van der Waals surface area contributed by atoms with Crippen LogP contribution < -0.4 is 5.32 Å². The lowest BCUT2D eigenvalue weighted by Gasteiger charge is -2.10. The lowest BCUT2D eigenvalue weighted by Crippen LogP contribution is -2.21. The lowest BCUT2D eigenvalue weighted by molar-refractivity contribution is -0.119. The number of nitrogens with one attached hydrogen (secondary N) is 1. The van der Waals surface area contributed by atoms with Crippen molar-refractivity contribution < 1.29 is 18.7 Å². The average Bonchev–Trinajstić information content (AvgIpc) is 2.55. The molecule has 1 N–H and O–H groups in total. The van der Waals surface area contributed by atoms with Crippen LogP contribution in [0.2, 0.25) is 5.02 Å². The Morgan fingerprint density at radius 1 is 1.26 bits per heavy atom. The van der Waals surface area contributed by atoms with Crippen molar-refractivity contribution >= 4 is 40.9 Å². The van der Waals surface area contributed by atoms with Crippen molar-refractivity contribution in [3.63, 3.8) is 0 Å². The SMILES string of the molecule is CSc1ccccc1NC(=O)COC(=O)c1cc(Cl)ccc1F. The maximum atomic E-state index is 13.5. The fraction of sp³-hybridized carbons (Fsp3) is 0.125. The van der Waals surface area contributed by atoms with Crippen LogP contribution in [-0.4, -0.2) is 24.7 Å². The minimum Gasteiger partial charge on any atom is -0.452 e. The number of amides is 1. The van der Waals surface area contributed by atoms with E-state index in [1.54, 1.807) is 12.1 Å². The smallest absolute Gasteiger partial charge is 0.341 e. The summed E-state index contributed by atoms with van der Waals surface area (Å²) < 4.78 is 18.3. The normalized spacial score (nSPS) is 10.2. The second kappa shape index (κ2) is 7.99. The van der Waals surface area contributed by atoms with Gasteiger partial charge < -0.3 is 10.1 Å². The van der Waals surface area contributed by atoms with Gasteiger partial charge in [0.1, 0.15) is 5.82 Å². The second-order valence-electron chi connectivity index (χ2n) is 4.45. The van der Waals surface area contributed by atoms with Gasteiger partial charge in [0.05, 0.1) is 11.3 Å². The molecule has 0 radical (unpaired) electrons. The van der Waals surface area contributed by atoms with Gasteiger partial charge in [-0.2, -0.15) is 0 Å². The first-order valence-corrected chi connectivity index (χ1v) is 8.16. The third-order valence-electron chi connectivity index (χ3n) is 2.86. The van der Waals surface area contributed by atoms with E-state index < -0.39 is 24.3 Å². The van der Waals surface area contributed by atoms with E-state index in [4.69, 9.17) is 16.3 Å². The van der Waals surface area contributed by atoms with Gasteiger partial charge in [0, 0.05) is 9.92 Å². The summed E-state index contributed by atoms with van der Waals surface area (Å²) >= 11 is 7.18. The maximum absolute atomic E-state index is 13.5. The number of anilines is 1. The molecule has 0 aromatic heterocycles. The number of halogens is 2. The highest BCUT2D eigenvalue weighted by molar-refractivity contribution is 7.98. The molecule has 2 rings (SSSR count). The number of carbonyl (C=O) groups excluding carboxylic acids is 2. The third kappa shape index (κ3) is 4.71. The topological polar surface area (TPSA) is 55.4 Å². The van der Waals surface area contributed by atoms with E-state index in [2.05, 4.69) is 5.32 Å². The summed E-state index contributed by atoms with van der Waals surface area (Å²) in [6.45, 7) is -0.520. The van der Waals surface area contributed by atoms with Gasteiger partial charge in [0.25, 0.3) is 5.91 Å². The van der Waals surface area contributed by atoms with Gasteiger partial charge in [0.2, 0.25) is 0 Å². The van der Waals surface area contributed by atoms with E-state index in [1.165, 1.54) is 17.8 Å². The van der Waals surface area contributed by atoms with Gasteiger partial charge in [0.15, 0.2) is 6.61 Å². The summed E-state index contributed by atoms with van der Waals surface area (Å²) in [4.78, 5) is 24.5. The number of para-hydroxylation sites is 1. The van der Waals surface area contributed by atoms with E-state index in [1.807, 2.05) is 18.4 Å².